The zero-order chi connectivity index (χ0) is 24.1. The number of ether oxygens (including phenoxy) is 1. The molecule has 0 saturated carbocycles. The molecule has 0 aliphatic heterocycles. The van der Waals surface area contributed by atoms with Gasteiger partial charge < -0.3 is 14.1 Å². The Labute approximate surface area is 196 Å². The number of aryl methyl sites for hydroxylation is 1. The summed E-state index contributed by atoms with van der Waals surface area (Å²) in [5.74, 6) is 0.857. The van der Waals surface area contributed by atoms with Crippen molar-refractivity contribution in [3.05, 3.63) is 75.7 Å². The Morgan fingerprint density at radius 1 is 1.24 bits per heavy atom. The molecule has 0 spiro atoms. The molecule has 1 N–H and O–H groups in total. The summed E-state index contributed by atoms with van der Waals surface area (Å²) in [6.07, 6.45) is 2.26. The smallest absolute Gasteiger partial charge is 0.327 e. The summed E-state index contributed by atoms with van der Waals surface area (Å²) in [6, 6.07) is 11.3. The number of benzene rings is 1. The van der Waals surface area contributed by atoms with E-state index in [0.717, 1.165) is 22.2 Å². The summed E-state index contributed by atoms with van der Waals surface area (Å²) >= 11 is 0. The van der Waals surface area contributed by atoms with Gasteiger partial charge in [-0.05, 0) is 65.9 Å². The first-order valence-corrected chi connectivity index (χ1v) is 11.3. The highest BCUT2D eigenvalue weighted by Crippen LogP contribution is 2.26. The van der Waals surface area contributed by atoms with Crippen molar-refractivity contribution >= 4 is 16.9 Å². The third-order valence-electron chi connectivity index (χ3n) is 5.66. The number of hydrogen-bond acceptors (Lipinski definition) is 8. The second-order valence-corrected chi connectivity index (χ2v) is 8.12. The van der Waals surface area contributed by atoms with Crippen LogP contribution >= 0.6 is 0 Å². The molecule has 0 aliphatic rings. The molecular formula is C24H28N6O4. The van der Waals surface area contributed by atoms with Crippen molar-refractivity contribution in [1.82, 2.24) is 30.1 Å². The number of furan rings is 1. The molecule has 1 aromatic carbocycles. The fourth-order valence-corrected chi connectivity index (χ4v) is 4.07. The first-order valence-electron chi connectivity index (χ1n) is 11.3. The molecule has 0 bridgehead atoms. The van der Waals surface area contributed by atoms with E-state index in [4.69, 9.17) is 9.15 Å². The van der Waals surface area contributed by atoms with Crippen LogP contribution in [0, 0.1) is 6.92 Å². The highest BCUT2D eigenvalue weighted by atomic mass is 16.5. The number of fused-ring (bicyclic) bond motifs is 1. The van der Waals surface area contributed by atoms with Gasteiger partial charge >= 0.3 is 5.97 Å². The summed E-state index contributed by atoms with van der Waals surface area (Å²) in [5, 5.41) is 13.0. The van der Waals surface area contributed by atoms with Gasteiger partial charge in [0.15, 0.2) is 5.82 Å². The molecular weight excluding hydrogens is 436 g/mol. The fourth-order valence-electron chi connectivity index (χ4n) is 4.07. The van der Waals surface area contributed by atoms with Crippen molar-refractivity contribution in [3.63, 3.8) is 0 Å². The van der Waals surface area contributed by atoms with Crippen LogP contribution in [-0.4, -0.2) is 42.7 Å². The van der Waals surface area contributed by atoms with E-state index in [1.165, 1.54) is 4.68 Å². The molecule has 3 aromatic heterocycles. The SMILES string of the molecule is CCOC(=O)Cn1nnnc1C(CC)N(Cc1ccco1)Cc1cc2ccc(C)cc2[nH]c1=O. The number of esters is 1. The number of tetrazole rings is 1. The number of nitrogens with one attached hydrogen (secondary N) is 1. The van der Waals surface area contributed by atoms with E-state index in [2.05, 4.69) is 25.4 Å². The lowest BCUT2D eigenvalue weighted by molar-refractivity contribution is -0.144. The number of rotatable bonds is 10. The Balaban J connectivity index is 1.69. The molecule has 0 radical (unpaired) electrons. The van der Waals surface area contributed by atoms with E-state index in [1.54, 1.807) is 13.2 Å². The number of nitrogens with zero attached hydrogens (tertiary/aromatic N) is 5. The first kappa shape index (κ1) is 23.4. The third-order valence-corrected chi connectivity index (χ3v) is 5.66. The number of pyridine rings is 1. The minimum absolute atomic E-state index is 0.0861. The number of carbonyl (C=O) groups excluding carboxylic acids is 1. The van der Waals surface area contributed by atoms with Crippen LogP contribution in [0.25, 0.3) is 10.9 Å². The summed E-state index contributed by atoms with van der Waals surface area (Å²) < 4.78 is 12.1. The topological polar surface area (TPSA) is 119 Å². The molecule has 0 aliphatic carbocycles. The molecule has 34 heavy (non-hydrogen) atoms. The predicted molar refractivity (Wildman–Crippen MR) is 125 cm³/mol. The molecule has 0 saturated heterocycles. The number of aromatic nitrogens is 5. The lowest BCUT2D eigenvalue weighted by atomic mass is 10.1. The lowest BCUT2D eigenvalue weighted by Gasteiger charge is -2.29. The molecule has 0 amide bonds. The zero-order valence-electron chi connectivity index (χ0n) is 19.5. The number of aromatic amines is 1. The van der Waals surface area contributed by atoms with Gasteiger partial charge in [0.2, 0.25) is 0 Å². The molecule has 0 fully saturated rings. The minimum Gasteiger partial charge on any atom is -0.468 e. The minimum atomic E-state index is -0.412. The quantitative estimate of drug-likeness (QED) is 0.356. The van der Waals surface area contributed by atoms with Crippen molar-refractivity contribution in [2.24, 2.45) is 0 Å². The number of carbonyl (C=O) groups is 1. The maximum atomic E-state index is 13.0. The zero-order valence-corrected chi connectivity index (χ0v) is 19.5. The van der Waals surface area contributed by atoms with Crippen LogP contribution in [0.1, 0.15) is 49.0 Å². The van der Waals surface area contributed by atoms with Crippen LogP contribution in [0.5, 0.6) is 0 Å². The molecule has 3 heterocycles. The van der Waals surface area contributed by atoms with E-state index < -0.39 is 5.97 Å². The van der Waals surface area contributed by atoms with E-state index in [1.807, 2.05) is 50.2 Å². The van der Waals surface area contributed by atoms with Crippen molar-refractivity contribution in [3.8, 4) is 0 Å². The lowest BCUT2D eigenvalue weighted by Crippen LogP contribution is -2.32. The van der Waals surface area contributed by atoms with Crippen molar-refractivity contribution < 1.29 is 13.9 Å². The van der Waals surface area contributed by atoms with Crippen LogP contribution < -0.4 is 5.56 Å². The molecule has 4 rings (SSSR count). The monoisotopic (exact) mass is 464 g/mol. The van der Waals surface area contributed by atoms with Gasteiger partial charge in [0.05, 0.1) is 25.5 Å². The Kier molecular flexibility index (Phi) is 7.17. The average molecular weight is 465 g/mol. The van der Waals surface area contributed by atoms with Gasteiger partial charge in [-0.15, -0.1) is 5.10 Å². The normalized spacial score (nSPS) is 12.4. The van der Waals surface area contributed by atoms with Gasteiger partial charge in [-0.25, -0.2) is 4.68 Å². The molecule has 1 atom stereocenters. The number of H-pyrrole nitrogens is 1. The van der Waals surface area contributed by atoms with Gasteiger partial charge in [-0.2, -0.15) is 0 Å². The predicted octanol–water partition coefficient (Wildman–Crippen LogP) is 3.13. The van der Waals surface area contributed by atoms with Crippen LogP contribution in [0.2, 0.25) is 0 Å². The van der Waals surface area contributed by atoms with Crippen LogP contribution in [0.15, 0.2) is 51.9 Å². The van der Waals surface area contributed by atoms with Crippen LogP contribution in [0.4, 0.5) is 0 Å². The highest BCUT2D eigenvalue weighted by molar-refractivity contribution is 5.79. The van der Waals surface area contributed by atoms with Crippen LogP contribution in [0.3, 0.4) is 0 Å². The second kappa shape index (κ2) is 10.4. The first-order chi connectivity index (χ1) is 16.5. The summed E-state index contributed by atoms with van der Waals surface area (Å²) in [7, 11) is 0. The van der Waals surface area contributed by atoms with Gasteiger partial charge in [-0.3, -0.25) is 14.5 Å². The fraction of sp³-hybridized carbons (Fsp3) is 0.375. The average Bonchev–Trinajstić information content (AvgIpc) is 3.47. The molecule has 10 nitrogen and oxygen atoms in total. The van der Waals surface area contributed by atoms with Gasteiger partial charge in [0, 0.05) is 17.6 Å². The Morgan fingerprint density at radius 3 is 2.82 bits per heavy atom. The van der Waals surface area contributed by atoms with Crippen molar-refractivity contribution in [1.29, 1.82) is 0 Å². The molecule has 1 unspecified atom stereocenters. The molecule has 178 valence electrons. The van der Waals surface area contributed by atoms with E-state index in [9.17, 15) is 9.59 Å². The maximum Gasteiger partial charge on any atom is 0.327 e. The standard InChI is InChI=1S/C24H28N6O4/c1-4-21(23-26-27-28-30(23)15-22(31)33-5-2)29(14-19-7-6-10-34-19)13-18-12-17-9-8-16(3)11-20(17)25-24(18)32/h6-12,21H,4-5,13-15H2,1-3H3,(H,25,32). The third kappa shape index (κ3) is 5.23. The number of hydrogen-bond donors (Lipinski definition) is 1. The van der Waals surface area contributed by atoms with Gasteiger partial charge in [-0.1, -0.05) is 19.1 Å². The van der Waals surface area contributed by atoms with Crippen molar-refractivity contribution in [2.45, 2.75) is 52.9 Å². The van der Waals surface area contributed by atoms with E-state index in [-0.39, 0.29) is 24.8 Å². The Morgan fingerprint density at radius 2 is 2.09 bits per heavy atom. The second-order valence-electron chi connectivity index (χ2n) is 8.12. The van der Waals surface area contributed by atoms with Gasteiger partial charge in [0.25, 0.3) is 5.56 Å². The Hall–Kier alpha value is -3.79. The summed E-state index contributed by atoms with van der Waals surface area (Å²) in [4.78, 5) is 30.1. The molecule has 10 heteroatoms. The van der Waals surface area contributed by atoms with E-state index >= 15 is 0 Å². The van der Waals surface area contributed by atoms with Crippen LogP contribution in [-0.2, 0) is 29.2 Å². The van der Waals surface area contributed by atoms with Gasteiger partial charge in [0.1, 0.15) is 12.3 Å². The Bertz CT molecular complexity index is 1310. The van der Waals surface area contributed by atoms with Crippen molar-refractivity contribution in [2.75, 3.05) is 6.61 Å². The highest BCUT2D eigenvalue weighted by Gasteiger charge is 2.27. The maximum absolute atomic E-state index is 13.0. The summed E-state index contributed by atoms with van der Waals surface area (Å²) in [5.41, 5.74) is 2.35. The largest absolute Gasteiger partial charge is 0.468 e. The summed E-state index contributed by atoms with van der Waals surface area (Å²) in [6.45, 7) is 6.72. The van der Waals surface area contributed by atoms with E-state index in [0.29, 0.717) is 30.9 Å². The molecule has 4 aromatic rings.